The first-order chi connectivity index (χ1) is 8.59. The molecular formula is C15H21NOS. The Kier molecular flexibility index (Phi) is 4.33. The van der Waals surface area contributed by atoms with Crippen molar-refractivity contribution < 1.29 is 4.79 Å². The molecule has 1 amide bonds. The maximum Gasteiger partial charge on any atom is 0.239 e. The zero-order valence-corrected chi connectivity index (χ0v) is 12.2. The minimum atomic E-state index is 0.0542. The van der Waals surface area contributed by atoms with Crippen LogP contribution in [0.4, 0.5) is 5.69 Å². The van der Waals surface area contributed by atoms with Crippen molar-refractivity contribution in [3.05, 3.63) is 29.8 Å². The Hall–Kier alpha value is -0.960. The van der Waals surface area contributed by atoms with Crippen LogP contribution >= 0.6 is 11.8 Å². The van der Waals surface area contributed by atoms with Crippen molar-refractivity contribution in [1.29, 1.82) is 0 Å². The number of amides is 1. The summed E-state index contributed by atoms with van der Waals surface area (Å²) < 4.78 is 0. The van der Waals surface area contributed by atoms with E-state index in [0.29, 0.717) is 5.92 Å². The van der Waals surface area contributed by atoms with E-state index in [2.05, 4.69) is 26.0 Å². The van der Waals surface area contributed by atoms with Crippen LogP contribution in [-0.4, -0.2) is 23.5 Å². The molecule has 1 aromatic carbocycles. The van der Waals surface area contributed by atoms with Crippen LogP contribution in [0.2, 0.25) is 0 Å². The summed E-state index contributed by atoms with van der Waals surface area (Å²) in [5.74, 6) is 1.93. The molecule has 0 spiro atoms. The van der Waals surface area contributed by atoms with Gasteiger partial charge < -0.3 is 4.90 Å². The molecule has 1 heterocycles. The molecule has 98 valence electrons. The smallest absolute Gasteiger partial charge is 0.239 e. The minimum Gasteiger partial charge on any atom is -0.311 e. The fourth-order valence-corrected chi connectivity index (χ4v) is 3.14. The van der Waals surface area contributed by atoms with Gasteiger partial charge in [0.25, 0.3) is 0 Å². The molecule has 1 unspecified atom stereocenters. The fourth-order valence-electron chi connectivity index (χ4n) is 2.19. The van der Waals surface area contributed by atoms with Gasteiger partial charge in [0, 0.05) is 12.2 Å². The van der Waals surface area contributed by atoms with Gasteiger partial charge in [-0.05, 0) is 36.6 Å². The van der Waals surface area contributed by atoms with E-state index in [9.17, 15) is 4.79 Å². The zero-order chi connectivity index (χ0) is 13.1. The Morgan fingerprint density at radius 3 is 2.78 bits per heavy atom. The number of hydrogen-bond acceptors (Lipinski definition) is 2. The topological polar surface area (TPSA) is 20.3 Å². The van der Waals surface area contributed by atoms with E-state index in [-0.39, 0.29) is 11.2 Å². The molecule has 2 nitrogen and oxygen atoms in total. The Morgan fingerprint density at radius 1 is 1.33 bits per heavy atom. The average Bonchev–Trinajstić information content (AvgIpc) is 2.78. The van der Waals surface area contributed by atoms with Crippen molar-refractivity contribution in [2.45, 2.75) is 32.4 Å². The summed E-state index contributed by atoms with van der Waals surface area (Å²) in [7, 11) is 0. The summed E-state index contributed by atoms with van der Waals surface area (Å²) in [5.41, 5.74) is 2.41. The molecule has 0 N–H and O–H groups in total. The number of carbonyl (C=O) groups excluding carboxylic acids is 1. The number of fused-ring (bicyclic) bond motifs is 1. The lowest BCUT2D eigenvalue weighted by atomic mass is 10.2. The van der Waals surface area contributed by atoms with E-state index in [4.69, 9.17) is 0 Å². The number of hydrogen-bond donors (Lipinski definition) is 0. The Labute approximate surface area is 114 Å². The van der Waals surface area contributed by atoms with Crippen molar-refractivity contribution >= 4 is 23.4 Å². The van der Waals surface area contributed by atoms with Crippen molar-refractivity contribution in [2.75, 3.05) is 17.2 Å². The predicted molar refractivity (Wildman–Crippen MR) is 79.3 cm³/mol. The van der Waals surface area contributed by atoms with E-state index < -0.39 is 0 Å². The molecule has 0 radical (unpaired) electrons. The third-order valence-electron chi connectivity index (χ3n) is 3.18. The molecule has 0 aliphatic carbocycles. The second-order valence-electron chi connectivity index (χ2n) is 5.24. The molecule has 0 aromatic heterocycles. The van der Waals surface area contributed by atoms with Gasteiger partial charge in [0.2, 0.25) is 5.91 Å². The second kappa shape index (κ2) is 5.79. The third kappa shape index (κ3) is 2.89. The van der Waals surface area contributed by atoms with Gasteiger partial charge in [0.05, 0.1) is 5.25 Å². The number of thioether (sulfide) groups is 1. The number of para-hydroxylation sites is 1. The normalized spacial score (nSPS) is 15.9. The molecular weight excluding hydrogens is 242 g/mol. The summed E-state index contributed by atoms with van der Waals surface area (Å²) in [6.45, 7) is 7.24. The molecule has 1 atom stereocenters. The average molecular weight is 263 g/mol. The molecule has 0 bridgehead atoms. The highest BCUT2D eigenvalue weighted by Crippen LogP contribution is 2.29. The molecule has 0 fully saturated rings. The van der Waals surface area contributed by atoms with Crippen LogP contribution in [0.5, 0.6) is 0 Å². The van der Waals surface area contributed by atoms with Gasteiger partial charge in [0.15, 0.2) is 0 Å². The monoisotopic (exact) mass is 263 g/mol. The van der Waals surface area contributed by atoms with Crippen molar-refractivity contribution in [3.63, 3.8) is 0 Å². The Bertz CT molecular complexity index is 430. The maximum absolute atomic E-state index is 12.4. The second-order valence-corrected chi connectivity index (χ2v) is 6.61. The first kappa shape index (κ1) is 13.5. The van der Waals surface area contributed by atoms with Crippen LogP contribution in [0.1, 0.15) is 26.3 Å². The van der Waals surface area contributed by atoms with Gasteiger partial charge >= 0.3 is 0 Å². The van der Waals surface area contributed by atoms with Crippen LogP contribution in [0.15, 0.2) is 24.3 Å². The number of anilines is 1. The number of carbonyl (C=O) groups is 1. The predicted octanol–water partition coefficient (Wildman–Crippen LogP) is 3.35. The molecule has 1 aromatic rings. The lowest BCUT2D eigenvalue weighted by molar-refractivity contribution is -0.117. The maximum atomic E-state index is 12.4. The van der Waals surface area contributed by atoms with E-state index >= 15 is 0 Å². The highest BCUT2D eigenvalue weighted by atomic mass is 32.2. The first-order valence-electron chi connectivity index (χ1n) is 6.60. The van der Waals surface area contributed by atoms with Crippen molar-refractivity contribution in [3.8, 4) is 0 Å². The van der Waals surface area contributed by atoms with Gasteiger partial charge in [-0.3, -0.25) is 4.79 Å². The zero-order valence-electron chi connectivity index (χ0n) is 11.3. The van der Waals surface area contributed by atoms with Crippen LogP contribution in [-0.2, 0) is 11.2 Å². The standard InChI is InChI=1S/C15H21NOS/c1-11(2)10-18-12(3)15(17)16-9-8-13-6-4-5-7-14(13)16/h4-7,11-12H,8-10H2,1-3H3. The number of benzene rings is 1. The SMILES string of the molecule is CC(C)CSC(C)C(=O)N1CCc2ccccc21. The van der Waals surface area contributed by atoms with Gasteiger partial charge in [0.1, 0.15) is 0 Å². The van der Waals surface area contributed by atoms with Gasteiger partial charge in [-0.2, -0.15) is 0 Å². The highest BCUT2D eigenvalue weighted by molar-refractivity contribution is 8.00. The lowest BCUT2D eigenvalue weighted by Gasteiger charge is -2.21. The molecule has 1 aliphatic heterocycles. The van der Waals surface area contributed by atoms with Gasteiger partial charge in [-0.15, -0.1) is 11.8 Å². The molecule has 3 heteroatoms. The van der Waals surface area contributed by atoms with E-state index in [0.717, 1.165) is 24.4 Å². The largest absolute Gasteiger partial charge is 0.311 e. The summed E-state index contributed by atoms with van der Waals surface area (Å²) in [5, 5.41) is 0.0542. The fraction of sp³-hybridized carbons (Fsp3) is 0.533. The highest BCUT2D eigenvalue weighted by Gasteiger charge is 2.27. The quantitative estimate of drug-likeness (QED) is 0.830. The van der Waals surface area contributed by atoms with Gasteiger partial charge in [-0.25, -0.2) is 0 Å². The molecule has 1 aliphatic rings. The summed E-state index contributed by atoms with van der Waals surface area (Å²) in [6.07, 6.45) is 0.990. The molecule has 0 saturated carbocycles. The Morgan fingerprint density at radius 2 is 2.06 bits per heavy atom. The minimum absolute atomic E-state index is 0.0542. The lowest BCUT2D eigenvalue weighted by Crippen LogP contribution is -2.35. The Balaban J connectivity index is 2.02. The van der Waals surface area contributed by atoms with Crippen molar-refractivity contribution in [1.82, 2.24) is 0 Å². The molecule has 2 rings (SSSR count). The summed E-state index contributed by atoms with van der Waals surface area (Å²) in [4.78, 5) is 14.4. The van der Waals surface area contributed by atoms with E-state index in [1.807, 2.05) is 24.0 Å². The van der Waals surface area contributed by atoms with Crippen molar-refractivity contribution in [2.24, 2.45) is 5.92 Å². The number of rotatable bonds is 4. The summed E-state index contributed by atoms with van der Waals surface area (Å²) in [6, 6.07) is 8.23. The molecule has 0 saturated heterocycles. The first-order valence-corrected chi connectivity index (χ1v) is 7.65. The summed E-state index contributed by atoms with van der Waals surface area (Å²) >= 11 is 1.76. The number of nitrogens with zero attached hydrogens (tertiary/aromatic N) is 1. The molecule has 18 heavy (non-hydrogen) atoms. The van der Waals surface area contributed by atoms with Gasteiger partial charge in [-0.1, -0.05) is 32.0 Å². The van der Waals surface area contributed by atoms with E-state index in [1.54, 1.807) is 11.8 Å². The third-order valence-corrected chi connectivity index (χ3v) is 4.74. The van der Waals surface area contributed by atoms with Crippen LogP contribution in [0.25, 0.3) is 0 Å². The van der Waals surface area contributed by atoms with E-state index in [1.165, 1.54) is 5.56 Å². The van der Waals surface area contributed by atoms with Crippen LogP contribution in [0.3, 0.4) is 0 Å². The van der Waals surface area contributed by atoms with Crippen LogP contribution in [0, 0.1) is 5.92 Å². The van der Waals surface area contributed by atoms with Crippen LogP contribution < -0.4 is 4.90 Å².